The maximum Gasteiger partial charge on any atom is 0.191 e. The highest BCUT2D eigenvalue weighted by atomic mass is 16.5. The number of hydrogen-bond acceptors (Lipinski definition) is 3. The van der Waals surface area contributed by atoms with Gasteiger partial charge in [0, 0.05) is 39.8 Å². The van der Waals surface area contributed by atoms with Crippen LogP contribution in [0.25, 0.3) is 0 Å². The molecular formula is C19H32N4O. The van der Waals surface area contributed by atoms with E-state index in [1.54, 1.807) is 0 Å². The molecule has 5 heteroatoms. The maximum absolute atomic E-state index is 5.40. The first kappa shape index (κ1) is 18.7. The molecule has 1 saturated heterocycles. The Hall–Kier alpha value is -1.59. The number of rotatable bonds is 8. The number of aliphatic imine (C=N–C) groups is 1. The molecule has 0 unspecified atom stereocenters. The summed E-state index contributed by atoms with van der Waals surface area (Å²) in [5.41, 5.74) is 2.64. The topological polar surface area (TPSA) is 48.9 Å². The van der Waals surface area contributed by atoms with E-state index < -0.39 is 0 Å². The number of nitrogens with one attached hydrogen (secondary N) is 2. The van der Waals surface area contributed by atoms with Crippen LogP contribution in [0.4, 0.5) is 0 Å². The molecule has 1 aliphatic heterocycles. The predicted octanol–water partition coefficient (Wildman–Crippen LogP) is 2.37. The van der Waals surface area contributed by atoms with Crippen LogP contribution in [0.1, 0.15) is 37.3 Å². The van der Waals surface area contributed by atoms with Gasteiger partial charge >= 0.3 is 0 Å². The van der Waals surface area contributed by atoms with Gasteiger partial charge in [-0.15, -0.1) is 0 Å². The average Bonchev–Trinajstić information content (AvgIpc) is 2.63. The number of morpholine rings is 1. The summed E-state index contributed by atoms with van der Waals surface area (Å²) in [6.07, 6.45) is 3.69. The van der Waals surface area contributed by atoms with Crippen molar-refractivity contribution in [1.29, 1.82) is 0 Å². The van der Waals surface area contributed by atoms with Crippen molar-refractivity contribution >= 4 is 5.96 Å². The third-order valence-corrected chi connectivity index (χ3v) is 4.29. The van der Waals surface area contributed by atoms with Crippen LogP contribution in [0.5, 0.6) is 0 Å². The Balaban J connectivity index is 1.72. The fourth-order valence-corrected chi connectivity index (χ4v) is 2.77. The molecule has 0 radical (unpaired) electrons. The SMILES string of the molecule is CCCCCNC(=NC)NCc1ccc(CN2CCOCC2)cc1. The molecule has 0 saturated carbocycles. The van der Waals surface area contributed by atoms with E-state index in [1.165, 1.54) is 30.4 Å². The van der Waals surface area contributed by atoms with Crippen LogP contribution in [0.3, 0.4) is 0 Å². The molecule has 0 atom stereocenters. The number of hydrogen-bond donors (Lipinski definition) is 2. The number of benzene rings is 1. The molecule has 0 bridgehead atoms. The van der Waals surface area contributed by atoms with E-state index in [4.69, 9.17) is 4.74 Å². The molecule has 0 spiro atoms. The van der Waals surface area contributed by atoms with Crippen LogP contribution in [0.2, 0.25) is 0 Å². The summed E-state index contributed by atoms with van der Waals surface area (Å²) in [5, 5.41) is 6.74. The molecule has 1 heterocycles. The largest absolute Gasteiger partial charge is 0.379 e. The minimum absolute atomic E-state index is 0.797. The zero-order chi connectivity index (χ0) is 17.0. The molecule has 0 aliphatic carbocycles. The zero-order valence-electron chi connectivity index (χ0n) is 15.2. The Morgan fingerprint density at radius 2 is 1.79 bits per heavy atom. The first-order valence-electron chi connectivity index (χ1n) is 9.14. The van der Waals surface area contributed by atoms with Crippen molar-refractivity contribution < 1.29 is 4.74 Å². The van der Waals surface area contributed by atoms with Gasteiger partial charge < -0.3 is 15.4 Å². The highest BCUT2D eigenvalue weighted by Crippen LogP contribution is 2.09. The Morgan fingerprint density at radius 3 is 2.46 bits per heavy atom. The van der Waals surface area contributed by atoms with Gasteiger partial charge in [0.2, 0.25) is 0 Å². The number of guanidine groups is 1. The van der Waals surface area contributed by atoms with Gasteiger partial charge in [0.1, 0.15) is 0 Å². The van der Waals surface area contributed by atoms with E-state index in [2.05, 4.69) is 51.7 Å². The Kier molecular flexibility index (Phi) is 8.63. The van der Waals surface area contributed by atoms with Crippen molar-refractivity contribution in [2.75, 3.05) is 39.9 Å². The third kappa shape index (κ3) is 6.89. The lowest BCUT2D eigenvalue weighted by molar-refractivity contribution is 0.0342. The van der Waals surface area contributed by atoms with Gasteiger partial charge in [0.25, 0.3) is 0 Å². The van der Waals surface area contributed by atoms with Crippen molar-refractivity contribution in [2.24, 2.45) is 4.99 Å². The molecule has 0 aromatic heterocycles. The van der Waals surface area contributed by atoms with E-state index in [0.29, 0.717) is 0 Å². The molecule has 1 aromatic carbocycles. The molecular weight excluding hydrogens is 300 g/mol. The van der Waals surface area contributed by atoms with Gasteiger partial charge in [-0.05, 0) is 17.5 Å². The molecule has 24 heavy (non-hydrogen) atoms. The van der Waals surface area contributed by atoms with Gasteiger partial charge in [-0.3, -0.25) is 9.89 Å². The van der Waals surface area contributed by atoms with E-state index in [0.717, 1.165) is 51.9 Å². The minimum atomic E-state index is 0.797. The van der Waals surface area contributed by atoms with E-state index >= 15 is 0 Å². The average molecular weight is 332 g/mol. The molecule has 1 aromatic rings. The summed E-state index contributed by atoms with van der Waals surface area (Å²) >= 11 is 0. The van der Waals surface area contributed by atoms with Crippen molar-refractivity contribution in [3.63, 3.8) is 0 Å². The molecule has 1 aliphatic rings. The van der Waals surface area contributed by atoms with Crippen LogP contribution in [0.15, 0.2) is 29.3 Å². The van der Waals surface area contributed by atoms with Crippen molar-refractivity contribution in [1.82, 2.24) is 15.5 Å². The minimum Gasteiger partial charge on any atom is -0.379 e. The van der Waals surface area contributed by atoms with Crippen LogP contribution >= 0.6 is 0 Å². The van der Waals surface area contributed by atoms with Crippen LogP contribution < -0.4 is 10.6 Å². The first-order valence-corrected chi connectivity index (χ1v) is 9.14. The Bertz CT molecular complexity index is 481. The summed E-state index contributed by atoms with van der Waals surface area (Å²) in [4.78, 5) is 6.71. The summed E-state index contributed by atoms with van der Waals surface area (Å²) < 4.78 is 5.40. The fourth-order valence-electron chi connectivity index (χ4n) is 2.77. The van der Waals surface area contributed by atoms with Gasteiger partial charge in [-0.25, -0.2) is 0 Å². The van der Waals surface area contributed by atoms with Gasteiger partial charge in [0.05, 0.1) is 13.2 Å². The second kappa shape index (κ2) is 11.0. The van der Waals surface area contributed by atoms with Crippen LogP contribution in [-0.4, -0.2) is 50.8 Å². The smallest absolute Gasteiger partial charge is 0.191 e. The molecule has 2 rings (SSSR count). The van der Waals surface area contributed by atoms with Crippen molar-refractivity contribution in [3.05, 3.63) is 35.4 Å². The molecule has 134 valence electrons. The third-order valence-electron chi connectivity index (χ3n) is 4.29. The number of ether oxygens (including phenoxy) is 1. The number of unbranched alkanes of at least 4 members (excludes halogenated alkanes) is 2. The normalized spacial score (nSPS) is 16.2. The molecule has 0 amide bonds. The van der Waals surface area contributed by atoms with Gasteiger partial charge in [-0.1, -0.05) is 44.0 Å². The second-order valence-corrected chi connectivity index (χ2v) is 6.26. The fraction of sp³-hybridized carbons (Fsp3) is 0.632. The van der Waals surface area contributed by atoms with Gasteiger partial charge in [0.15, 0.2) is 5.96 Å². The van der Waals surface area contributed by atoms with Crippen molar-refractivity contribution in [2.45, 2.75) is 39.3 Å². The quantitative estimate of drug-likeness (QED) is 0.436. The van der Waals surface area contributed by atoms with E-state index in [-0.39, 0.29) is 0 Å². The lowest BCUT2D eigenvalue weighted by atomic mass is 10.1. The van der Waals surface area contributed by atoms with Crippen molar-refractivity contribution in [3.8, 4) is 0 Å². The van der Waals surface area contributed by atoms with Gasteiger partial charge in [-0.2, -0.15) is 0 Å². The lowest BCUT2D eigenvalue weighted by Crippen LogP contribution is -2.37. The first-order chi connectivity index (χ1) is 11.8. The molecule has 5 nitrogen and oxygen atoms in total. The maximum atomic E-state index is 5.40. The van der Waals surface area contributed by atoms with E-state index in [9.17, 15) is 0 Å². The highest BCUT2D eigenvalue weighted by Gasteiger charge is 2.10. The number of nitrogens with zero attached hydrogens (tertiary/aromatic N) is 2. The zero-order valence-corrected chi connectivity index (χ0v) is 15.2. The molecule has 1 fully saturated rings. The Labute approximate surface area is 146 Å². The van der Waals surface area contributed by atoms with E-state index in [1.807, 2.05) is 7.05 Å². The van der Waals surface area contributed by atoms with Crippen LogP contribution in [-0.2, 0) is 17.8 Å². The summed E-state index contributed by atoms with van der Waals surface area (Å²) in [6, 6.07) is 8.86. The Morgan fingerprint density at radius 1 is 1.08 bits per heavy atom. The lowest BCUT2D eigenvalue weighted by Gasteiger charge is -2.26. The highest BCUT2D eigenvalue weighted by molar-refractivity contribution is 5.79. The monoisotopic (exact) mass is 332 g/mol. The predicted molar refractivity (Wildman–Crippen MR) is 100 cm³/mol. The summed E-state index contributed by atoms with van der Waals surface area (Å²) in [6.45, 7) is 8.77. The standard InChI is InChI=1S/C19H32N4O/c1-3-4-5-10-21-19(20-2)22-15-17-6-8-18(9-7-17)16-23-11-13-24-14-12-23/h6-9H,3-5,10-16H2,1-2H3,(H2,20,21,22). The molecule has 2 N–H and O–H groups in total. The van der Waals surface area contributed by atoms with Crippen LogP contribution in [0, 0.1) is 0 Å². The summed E-state index contributed by atoms with van der Waals surface area (Å²) in [7, 11) is 1.82. The second-order valence-electron chi connectivity index (χ2n) is 6.26. The summed E-state index contributed by atoms with van der Waals surface area (Å²) in [5.74, 6) is 0.878.